The first kappa shape index (κ1) is 11.0. The lowest BCUT2D eigenvalue weighted by Crippen LogP contribution is -2.24. The molecule has 0 unspecified atom stereocenters. The van der Waals surface area contributed by atoms with Crippen molar-refractivity contribution < 1.29 is 0 Å². The van der Waals surface area contributed by atoms with Crippen molar-refractivity contribution in [3.05, 3.63) is 34.9 Å². The summed E-state index contributed by atoms with van der Waals surface area (Å²) in [6.45, 7) is 4.05. The molecule has 4 heteroatoms. The normalized spacial score (nSPS) is 11.1. The van der Waals surface area contributed by atoms with Crippen LogP contribution in [0, 0.1) is 0 Å². The van der Waals surface area contributed by atoms with E-state index in [0.29, 0.717) is 13.1 Å². The van der Waals surface area contributed by atoms with Gasteiger partial charge in [0.1, 0.15) is 5.52 Å². The maximum atomic E-state index is 12.2. The van der Waals surface area contributed by atoms with Gasteiger partial charge in [0.25, 0.3) is 5.56 Å². The summed E-state index contributed by atoms with van der Waals surface area (Å²) in [5.74, 6) is 0. The number of aryl methyl sites for hydroxylation is 1. The van der Waals surface area contributed by atoms with Crippen LogP contribution in [-0.4, -0.2) is 15.7 Å². The summed E-state index contributed by atoms with van der Waals surface area (Å²) < 4.78 is 3.69. The molecule has 0 aliphatic rings. The average molecular weight is 219 g/mol. The van der Waals surface area contributed by atoms with Gasteiger partial charge < -0.3 is 14.9 Å². The molecule has 0 aliphatic carbocycles. The number of fused-ring (bicyclic) bond motifs is 1. The highest BCUT2D eigenvalue weighted by molar-refractivity contribution is 5.78. The van der Waals surface area contributed by atoms with Crippen LogP contribution in [0.3, 0.4) is 0 Å². The molecule has 2 aromatic rings. The number of pyridine rings is 1. The average Bonchev–Trinajstić information content (AvgIpc) is 2.67. The molecule has 0 saturated carbocycles. The number of rotatable bonds is 4. The molecule has 0 fully saturated rings. The van der Waals surface area contributed by atoms with Crippen molar-refractivity contribution in [3.63, 3.8) is 0 Å². The van der Waals surface area contributed by atoms with Gasteiger partial charge in [-0.05, 0) is 18.6 Å². The summed E-state index contributed by atoms with van der Waals surface area (Å²) in [6, 6.07) is 3.96. The fourth-order valence-electron chi connectivity index (χ4n) is 1.99. The van der Waals surface area contributed by atoms with Gasteiger partial charge in [0.05, 0.1) is 0 Å². The lowest BCUT2D eigenvalue weighted by molar-refractivity contribution is 0.667. The molecule has 0 spiro atoms. The first-order valence-electron chi connectivity index (χ1n) is 5.66. The number of aromatic nitrogens is 2. The van der Waals surface area contributed by atoms with E-state index in [2.05, 4.69) is 6.92 Å². The Morgan fingerprint density at radius 2 is 1.88 bits per heavy atom. The maximum Gasteiger partial charge on any atom is 0.275 e. The maximum absolute atomic E-state index is 12.2. The quantitative estimate of drug-likeness (QED) is 0.839. The molecule has 0 amide bonds. The third kappa shape index (κ3) is 1.76. The fourth-order valence-corrected chi connectivity index (χ4v) is 1.99. The van der Waals surface area contributed by atoms with Gasteiger partial charge in [-0.3, -0.25) is 4.79 Å². The first-order valence-corrected chi connectivity index (χ1v) is 5.66. The number of hydrogen-bond acceptors (Lipinski definition) is 2. The molecule has 0 aliphatic heterocycles. The third-order valence-electron chi connectivity index (χ3n) is 2.73. The summed E-state index contributed by atoms with van der Waals surface area (Å²) in [7, 11) is 0. The van der Waals surface area contributed by atoms with E-state index in [-0.39, 0.29) is 5.56 Å². The van der Waals surface area contributed by atoms with Gasteiger partial charge in [-0.2, -0.15) is 0 Å². The third-order valence-corrected chi connectivity index (χ3v) is 2.73. The Kier molecular flexibility index (Phi) is 3.10. The molecule has 16 heavy (non-hydrogen) atoms. The summed E-state index contributed by atoms with van der Waals surface area (Å²) in [5.41, 5.74) is 6.33. The first-order chi connectivity index (χ1) is 7.77. The number of hydrogen-bond donors (Lipinski definition) is 1. The van der Waals surface area contributed by atoms with Crippen molar-refractivity contribution in [2.45, 2.75) is 26.4 Å². The minimum Gasteiger partial charge on any atom is -0.343 e. The Hall–Kier alpha value is -1.55. The van der Waals surface area contributed by atoms with Crippen LogP contribution in [0.2, 0.25) is 0 Å². The van der Waals surface area contributed by atoms with Crippen molar-refractivity contribution in [1.29, 1.82) is 0 Å². The largest absolute Gasteiger partial charge is 0.343 e. The van der Waals surface area contributed by atoms with Gasteiger partial charge in [0.15, 0.2) is 0 Å². The van der Waals surface area contributed by atoms with E-state index in [9.17, 15) is 4.79 Å². The second-order valence-electron chi connectivity index (χ2n) is 3.92. The fraction of sp³-hybridized carbons (Fsp3) is 0.417. The van der Waals surface area contributed by atoms with Gasteiger partial charge in [0.2, 0.25) is 0 Å². The molecule has 0 radical (unpaired) electrons. The molecule has 2 rings (SSSR count). The Balaban J connectivity index is 2.60. The number of nitrogens with two attached hydrogens (primary N) is 1. The monoisotopic (exact) mass is 219 g/mol. The SMILES string of the molecule is CCCn1ccc2ccn(CCN)c(=O)c21. The Morgan fingerprint density at radius 3 is 2.50 bits per heavy atom. The van der Waals surface area contributed by atoms with E-state index < -0.39 is 0 Å². The molecule has 0 aromatic carbocycles. The van der Waals surface area contributed by atoms with Crippen molar-refractivity contribution in [1.82, 2.24) is 9.13 Å². The number of nitrogens with zero attached hydrogens (tertiary/aromatic N) is 2. The van der Waals surface area contributed by atoms with Crippen LogP contribution < -0.4 is 11.3 Å². The zero-order valence-electron chi connectivity index (χ0n) is 9.52. The van der Waals surface area contributed by atoms with Gasteiger partial charge in [0, 0.05) is 37.4 Å². The second kappa shape index (κ2) is 4.53. The van der Waals surface area contributed by atoms with Crippen LogP contribution >= 0.6 is 0 Å². The Morgan fingerprint density at radius 1 is 1.19 bits per heavy atom. The summed E-state index contributed by atoms with van der Waals surface area (Å²) in [6.07, 6.45) is 4.81. The van der Waals surface area contributed by atoms with E-state index >= 15 is 0 Å². The summed E-state index contributed by atoms with van der Waals surface area (Å²) in [4.78, 5) is 12.2. The highest BCUT2D eigenvalue weighted by Gasteiger charge is 2.06. The highest BCUT2D eigenvalue weighted by atomic mass is 16.1. The van der Waals surface area contributed by atoms with Gasteiger partial charge in [-0.15, -0.1) is 0 Å². The predicted octanol–water partition coefficient (Wildman–Crippen LogP) is 1.17. The molecule has 0 atom stereocenters. The Labute approximate surface area is 94.3 Å². The summed E-state index contributed by atoms with van der Waals surface area (Å²) >= 11 is 0. The zero-order chi connectivity index (χ0) is 11.5. The van der Waals surface area contributed by atoms with Crippen molar-refractivity contribution in [2.24, 2.45) is 5.73 Å². The molecule has 4 nitrogen and oxygen atoms in total. The van der Waals surface area contributed by atoms with E-state index in [1.165, 1.54) is 0 Å². The van der Waals surface area contributed by atoms with Gasteiger partial charge in [-0.25, -0.2) is 0 Å². The Bertz CT molecular complexity index is 539. The zero-order valence-corrected chi connectivity index (χ0v) is 9.52. The molecule has 0 saturated heterocycles. The van der Waals surface area contributed by atoms with Crippen LogP contribution in [0.5, 0.6) is 0 Å². The lowest BCUT2D eigenvalue weighted by Gasteiger charge is -2.06. The van der Waals surface area contributed by atoms with Gasteiger partial charge in [-0.1, -0.05) is 6.92 Å². The topological polar surface area (TPSA) is 52.9 Å². The summed E-state index contributed by atoms with van der Waals surface area (Å²) in [5, 5.41) is 1.01. The van der Waals surface area contributed by atoms with Crippen LogP contribution in [0.25, 0.3) is 10.9 Å². The van der Waals surface area contributed by atoms with Crippen molar-refractivity contribution >= 4 is 10.9 Å². The van der Waals surface area contributed by atoms with E-state index in [0.717, 1.165) is 23.9 Å². The molecule has 2 aromatic heterocycles. The highest BCUT2D eigenvalue weighted by Crippen LogP contribution is 2.11. The van der Waals surface area contributed by atoms with Crippen LogP contribution in [0.15, 0.2) is 29.3 Å². The predicted molar refractivity (Wildman–Crippen MR) is 65.5 cm³/mol. The minimum atomic E-state index is 0.0569. The molecule has 0 bridgehead atoms. The molecular weight excluding hydrogens is 202 g/mol. The minimum absolute atomic E-state index is 0.0569. The van der Waals surface area contributed by atoms with Crippen LogP contribution in [-0.2, 0) is 13.1 Å². The van der Waals surface area contributed by atoms with Crippen LogP contribution in [0.1, 0.15) is 13.3 Å². The van der Waals surface area contributed by atoms with E-state index in [4.69, 9.17) is 5.73 Å². The smallest absolute Gasteiger partial charge is 0.275 e. The lowest BCUT2D eigenvalue weighted by atomic mass is 10.3. The van der Waals surface area contributed by atoms with Crippen molar-refractivity contribution in [2.75, 3.05) is 6.54 Å². The van der Waals surface area contributed by atoms with Crippen molar-refractivity contribution in [3.8, 4) is 0 Å². The standard InChI is InChI=1S/C12H17N3O/c1-2-6-14-7-3-10-4-8-15(9-5-13)12(16)11(10)14/h3-4,7-8H,2,5-6,9,13H2,1H3. The molecule has 86 valence electrons. The van der Waals surface area contributed by atoms with E-state index in [1.54, 1.807) is 4.57 Å². The van der Waals surface area contributed by atoms with Crippen LogP contribution in [0.4, 0.5) is 0 Å². The van der Waals surface area contributed by atoms with E-state index in [1.807, 2.05) is 29.1 Å². The van der Waals surface area contributed by atoms with Gasteiger partial charge >= 0.3 is 0 Å². The molecule has 2 heterocycles. The molecule has 2 N–H and O–H groups in total. The molecular formula is C12H17N3O. The second-order valence-corrected chi connectivity index (χ2v) is 3.92.